The molecule has 0 bridgehead atoms. The lowest BCUT2D eigenvalue weighted by molar-refractivity contribution is -0.127. The van der Waals surface area contributed by atoms with Gasteiger partial charge in [0.2, 0.25) is 5.91 Å². The molecule has 6 heteroatoms. The van der Waals surface area contributed by atoms with E-state index in [1.807, 2.05) is 37.3 Å². The normalized spacial score (nSPS) is 14.6. The van der Waals surface area contributed by atoms with E-state index in [0.717, 1.165) is 21.6 Å². The molecule has 0 aromatic heterocycles. The van der Waals surface area contributed by atoms with Crippen molar-refractivity contribution in [2.24, 2.45) is 0 Å². The van der Waals surface area contributed by atoms with Crippen LogP contribution in [0.4, 0.5) is 10.5 Å². The van der Waals surface area contributed by atoms with Gasteiger partial charge < -0.3 is 10.6 Å². The number of amides is 4. The van der Waals surface area contributed by atoms with Crippen LogP contribution in [0.3, 0.4) is 0 Å². The van der Waals surface area contributed by atoms with Crippen molar-refractivity contribution in [2.45, 2.75) is 6.92 Å². The minimum atomic E-state index is -0.615. The molecule has 0 aliphatic carbocycles. The van der Waals surface area contributed by atoms with Gasteiger partial charge in [-0.3, -0.25) is 9.59 Å². The molecule has 0 unspecified atom stereocenters. The van der Waals surface area contributed by atoms with E-state index >= 15 is 0 Å². The zero-order valence-electron chi connectivity index (χ0n) is 17.0. The Morgan fingerprint density at radius 1 is 0.903 bits per heavy atom. The second kappa shape index (κ2) is 8.67. The first-order chi connectivity index (χ1) is 15.0. The van der Waals surface area contributed by atoms with Gasteiger partial charge in [0.1, 0.15) is 12.2 Å². The van der Waals surface area contributed by atoms with Crippen LogP contribution in [-0.2, 0) is 9.59 Å². The third kappa shape index (κ3) is 4.70. The highest BCUT2D eigenvalue weighted by Gasteiger charge is 2.34. The van der Waals surface area contributed by atoms with Gasteiger partial charge in [-0.15, -0.1) is 0 Å². The number of carbonyl (C=O) groups excluding carboxylic acids is 3. The lowest BCUT2D eigenvalue weighted by Gasteiger charge is -2.11. The third-order valence-corrected chi connectivity index (χ3v) is 4.93. The average Bonchev–Trinajstić information content (AvgIpc) is 3.03. The number of nitrogens with one attached hydrogen (secondary N) is 2. The van der Waals surface area contributed by atoms with Crippen molar-refractivity contribution in [3.8, 4) is 11.1 Å². The predicted octanol–water partition coefficient (Wildman–Crippen LogP) is 4.19. The number of hydrogen-bond donors (Lipinski definition) is 2. The molecule has 1 aliphatic rings. The van der Waals surface area contributed by atoms with E-state index < -0.39 is 17.8 Å². The Labute approximate surface area is 180 Å². The summed E-state index contributed by atoms with van der Waals surface area (Å²) in [7, 11) is 0. The second-order valence-electron chi connectivity index (χ2n) is 7.28. The van der Waals surface area contributed by atoms with Crippen molar-refractivity contribution in [3.63, 3.8) is 0 Å². The van der Waals surface area contributed by atoms with Gasteiger partial charge in [-0.2, -0.15) is 0 Å². The molecule has 4 amide bonds. The fraction of sp³-hybridized carbons (Fsp3) is 0.0800. The number of anilines is 1. The highest BCUT2D eigenvalue weighted by molar-refractivity contribution is 6.15. The first-order valence-corrected chi connectivity index (χ1v) is 9.86. The smallest absolute Gasteiger partial charge is 0.325 e. The first kappa shape index (κ1) is 20.1. The molecule has 2 N–H and O–H groups in total. The first-order valence-electron chi connectivity index (χ1n) is 9.86. The number of aryl methyl sites for hydroxylation is 1. The van der Waals surface area contributed by atoms with E-state index in [4.69, 9.17) is 0 Å². The van der Waals surface area contributed by atoms with E-state index in [1.165, 1.54) is 5.56 Å². The topological polar surface area (TPSA) is 78.5 Å². The lowest BCUT2D eigenvalue weighted by atomic mass is 10.0. The van der Waals surface area contributed by atoms with Crippen molar-refractivity contribution in [1.29, 1.82) is 0 Å². The van der Waals surface area contributed by atoms with Gasteiger partial charge in [-0.1, -0.05) is 72.3 Å². The maximum Gasteiger partial charge on any atom is 0.329 e. The quantitative estimate of drug-likeness (QED) is 0.488. The number of hydrogen-bond acceptors (Lipinski definition) is 3. The van der Waals surface area contributed by atoms with Crippen molar-refractivity contribution < 1.29 is 14.4 Å². The summed E-state index contributed by atoms with van der Waals surface area (Å²) in [6.45, 7) is 1.68. The highest BCUT2D eigenvalue weighted by atomic mass is 16.2. The number of rotatable bonds is 5. The van der Waals surface area contributed by atoms with Gasteiger partial charge in [-0.05, 0) is 41.8 Å². The van der Waals surface area contributed by atoms with Gasteiger partial charge in [0.15, 0.2) is 0 Å². The zero-order chi connectivity index (χ0) is 21.8. The fourth-order valence-electron chi connectivity index (χ4n) is 3.27. The summed E-state index contributed by atoms with van der Waals surface area (Å²) in [5.41, 5.74) is 4.87. The summed E-state index contributed by atoms with van der Waals surface area (Å²) < 4.78 is 0. The Bertz CT molecular complexity index is 1150. The molecule has 6 nitrogen and oxygen atoms in total. The monoisotopic (exact) mass is 411 g/mol. The standard InChI is InChI=1S/C25H21N3O3/c1-17-7-11-19(12-8-17)20-13-9-18(10-14-20)15-22-24(30)28(25(31)27-22)16-23(29)26-21-5-3-2-4-6-21/h2-15H,16H2,1H3,(H,26,29)(H,27,31)/b22-15-. The lowest BCUT2D eigenvalue weighted by Crippen LogP contribution is -2.38. The molecule has 154 valence electrons. The molecule has 4 rings (SSSR count). The van der Waals surface area contributed by atoms with E-state index in [9.17, 15) is 14.4 Å². The molecule has 1 saturated heterocycles. The molecule has 31 heavy (non-hydrogen) atoms. The molecule has 0 radical (unpaired) electrons. The summed E-state index contributed by atoms with van der Waals surface area (Å²) in [6, 6.07) is 24.2. The van der Waals surface area contributed by atoms with Crippen LogP contribution in [0.2, 0.25) is 0 Å². The number of urea groups is 1. The van der Waals surface area contributed by atoms with Crippen LogP contribution in [0, 0.1) is 6.92 Å². The Kier molecular flexibility index (Phi) is 5.62. The molecule has 0 saturated carbocycles. The maximum absolute atomic E-state index is 12.6. The Hall–Kier alpha value is -4.19. The van der Waals surface area contributed by atoms with Crippen LogP contribution in [0.1, 0.15) is 11.1 Å². The summed E-state index contributed by atoms with van der Waals surface area (Å²) in [5.74, 6) is -0.978. The highest BCUT2D eigenvalue weighted by Crippen LogP contribution is 2.22. The minimum Gasteiger partial charge on any atom is -0.325 e. The van der Waals surface area contributed by atoms with E-state index in [2.05, 4.69) is 34.9 Å². The molecular formula is C25H21N3O3. The van der Waals surface area contributed by atoms with Gasteiger partial charge in [-0.25, -0.2) is 9.69 Å². The van der Waals surface area contributed by atoms with Crippen LogP contribution < -0.4 is 10.6 Å². The molecule has 0 spiro atoms. The molecular weight excluding hydrogens is 390 g/mol. The van der Waals surface area contributed by atoms with Crippen LogP contribution in [0.5, 0.6) is 0 Å². The summed E-state index contributed by atoms with van der Waals surface area (Å²) in [5, 5.41) is 5.21. The Balaban J connectivity index is 1.44. The molecule has 1 aliphatic heterocycles. The number of benzene rings is 3. The van der Waals surface area contributed by atoms with Crippen molar-refractivity contribution >= 4 is 29.6 Å². The predicted molar refractivity (Wildman–Crippen MR) is 120 cm³/mol. The van der Waals surface area contributed by atoms with Crippen LogP contribution in [0.15, 0.2) is 84.6 Å². The van der Waals surface area contributed by atoms with Gasteiger partial charge in [0, 0.05) is 5.69 Å². The molecule has 3 aromatic carbocycles. The molecule has 1 fully saturated rings. The summed E-state index contributed by atoms with van der Waals surface area (Å²) in [4.78, 5) is 37.9. The SMILES string of the molecule is Cc1ccc(-c2ccc(/C=C3\NC(=O)N(CC(=O)Nc4ccccc4)C3=O)cc2)cc1. The Morgan fingerprint density at radius 2 is 1.52 bits per heavy atom. The second-order valence-corrected chi connectivity index (χ2v) is 7.28. The maximum atomic E-state index is 12.6. The van der Waals surface area contributed by atoms with Gasteiger partial charge in [0.05, 0.1) is 0 Å². The number of para-hydroxylation sites is 1. The molecule has 3 aromatic rings. The van der Waals surface area contributed by atoms with E-state index in [0.29, 0.717) is 5.69 Å². The van der Waals surface area contributed by atoms with Crippen LogP contribution in [-0.4, -0.2) is 29.3 Å². The van der Waals surface area contributed by atoms with E-state index in [1.54, 1.807) is 30.3 Å². The zero-order valence-corrected chi connectivity index (χ0v) is 17.0. The number of imide groups is 1. The largest absolute Gasteiger partial charge is 0.329 e. The van der Waals surface area contributed by atoms with Crippen molar-refractivity contribution in [3.05, 3.63) is 95.7 Å². The fourth-order valence-corrected chi connectivity index (χ4v) is 3.27. The van der Waals surface area contributed by atoms with Crippen molar-refractivity contribution in [2.75, 3.05) is 11.9 Å². The Morgan fingerprint density at radius 3 is 2.16 bits per heavy atom. The molecule has 0 atom stereocenters. The van der Waals surface area contributed by atoms with Gasteiger partial charge in [0.25, 0.3) is 5.91 Å². The van der Waals surface area contributed by atoms with E-state index in [-0.39, 0.29) is 12.2 Å². The molecule has 1 heterocycles. The van der Waals surface area contributed by atoms with Crippen LogP contribution in [0.25, 0.3) is 17.2 Å². The van der Waals surface area contributed by atoms with Gasteiger partial charge >= 0.3 is 6.03 Å². The van der Waals surface area contributed by atoms with Crippen molar-refractivity contribution in [1.82, 2.24) is 10.2 Å². The average molecular weight is 411 g/mol. The third-order valence-electron chi connectivity index (χ3n) is 4.93. The summed E-state index contributed by atoms with van der Waals surface area (Å²) >= 11 is 0. The number of nitrogens with zero attached hydrogens (tertiary/aromatic N) is 1. The summed E-state index contributed by atoms with van der Waals surface area (Å²) in [6.07, 6.45) is 1.61. The number of carbonyl (C=O) groups is 3. The minimum absolute atomic E-state index is 0.139. The van der Waals surface area contributed by atoms with Crippen LogP contribution >= 0.6 is 0 Å².